The summed E-state index contributed by atoms with van der Waals surface area (Å²) in [5.74, 6) is 0.990. The molecule has 0 unspecified atom stereocenters. The number of hydrogen-bond donors (Lipinski definition) is 1. The Morgan fingerprint density at radius 1 is 1.12 bits per heavy atom. The van der Waals surface area contributed by atoms with E-state index in [1.807, 2.05) is 30.8 Å². The maximum Gasteiger partial charge on any atom is 0.256 e. The predicted molar refractivity (Wildman–Crippen MR) is 156 cm³/mol. The van der Waals surface area contributed by atoms with Crippen molar-refractivity contribution >= 4 is 22.7 Å². The number of nitrogens with one attached hydrogen (secondary N) is 1. The number of nitrogens with zero attached hydrogens (tertiary/aromatic N) is 4. The zero-order valence-corrected chi connectivity index (χ0v) is 24.4. The van der Waals surface area contributed by atoms with E-state index in [-0.39, 0.29) is 23.8 Å². The molecule has 3 aromatic rings. The van der Waals surface area contributed by atoms with Crippen LogP contribution in [0.15, 0.2) is 36.8 Å². The van der Waals surface area contributed by atoms with Gasteiger partial charge in [0.25, 0.3) is 5.91 Å². The van der Waals surface area contributed by atoms with E-state index >= 15 is 0 Å². The fourth-order valence-corrected chi connectivity index (χ4v) is 6.55. The number of fused-ring (bicyclic) bond motifs is 1. The highest BCUT2D eigenvalue weighted by atomic mass is 19.1. The topological polar surface area (TPSA) is 70.5 Å². The summed E-state index contributed by atoms with van der Waals surface area (Å²) < 4.78 is 16.4. The Hall–Kier alpha value is -3.26. The van der Waals surface area contributed by atoms with E-state index in [0.29, 0.717) is 23.1 Å². The first-order valence-corrected chi connectivity index (χ1v) is 14.6. The van der Waals surface area contributed by atoms with E-state index in [1.165, 1.54) is 23.1 Å². The number of carbonyl (C=O) groups is 2. The van der Waals surface area contributed by atoms with Crippen LogP contribution in [0.4, 0.5) is 4.39 Å². The lowest BCUT2D eigenvalue weighted by molar-refractivity contribution is -0.125. The van der Waals surface area contributed by atoms with Crippen molar-refractivity contribution in [2.45, 2.75) is 58.9 Å². The Labute approximate surface area is 236 Å². The summed E-state index contributed by atoms with van der Waals surface area (Å²) in [6.07, 6.45) is 11.1. The maximum absolute atomic E-state index is 14.4. The van der Waals surface area contributed by atoms with Crippen molar-refractivity contribution < 1.29 is 14.0 Å². The van der Waals surface area contributed by atoms with Gasteiger partial charge in [-0.15, -0.1) is 0 Å². The van der Waals surface area contributed by atoms with E-state index in [0.717, 1.165) is 62.8 Å². The van der Waals surface area contributed by atoms with Gasteiger partial charge in [-0.3, -0.25) is 14.6 Å². The minimum absolute atomic E-state index is 0.00284. The van der Waals surface area contributed by atoms with Gasteiger partial charge in [-0.1, -0.05) is 0 Å². The van der Waals surface area contributed by atoms with E-state index in [4.69, 9.17) is 0 Å². The molecule has 0 atom stereocenters. The van der Waals surface area contributed by atoms with Crippen LogP contribution in [0, 0.1) is 30.5 Å². The Morgan fingerprint density at radius 3 is 2.52 bits per heavy atom. The predicted octanol–water partition coefficient (Wildman–Crippen LogP) is 4.98. The van der Waals surface area contributed by atoms with Gasteiger partial charge in [-0.25, -0.2) is 4.39 Å². The third-order valence-electron chi connectivity index (χ3n) is 9.05. The van der Waals surface area contributed by atoms with Crippen molar-refractivity contribution in [3.8, 4) is 5.69 Å². The molecule has 5 rings (SSSR count). The Morgan fingerprint density at radius 2 is 1.85 bits per heavy atom. The fourth-order valence-electron chi connectivity index (χ4n) is 6.55. The molecule has 2 aromatic heterocycles. The van der Waals surface area contributed by atoms with E-state index in [1.54, 1.807) is 25.1 Å². The molecule has 2 amide bonds. The second kappa shape index (κ2) is 11.7. The van der Waals surface area contributed by atoms with Crippen molar-refractivity contribution in [3.05, 3.63) is 59.3 Å². The number of aromatic nitrogens is 2. The Kier molecular flexibility index (Phi) is 8.26. The summed E-state index contributed by atoms with van der Waals surface area (Å²) in [5, 5.41) is 3.97. The third kappa shape index (κ3) is 5.64. The summed E-state index contributed by atoms with van der Waals surface area (Å²) >= 11 is 0. The van der Waals surface area contributed by atoms with Crippen LogP contribution in [-0.4, -0.2) is 70.9 Å². The van der Waals surface area contributed by atoms with Gasteiger partial charge < -0.3 is 19.7 Å². The van der Waals surface area contributed by atoms with Gasteiger partial charge in [0.2, 0.25) is 5.91 Å². The molecule has 1 N–H and O–H groups in total. The second-order valence-corrected chi connectivity index (χ2v) is 12.2. The van der Waals surface area contributed by atoms with Crippen LogP contribution in [0.5, 0.6) is 0 Å². The first-order chi connectivity index (χ1) is 19.2. The lowest BCUT2D eigenvalue weighted by atomic mass is 9.80. The number of halogens is 1. The quantitative estimate of drug-likeness (QED) is 0.432. The van der Waals surface area contributed by atoms with Crippen LogP contribution in [-0.2, 0) is 11.2 Å². The van der Waals surface area contributed by atoms with Gasteiger partial charge in [-0.2, -0.15) is 0 Å². The maximum atomic E-state index is 14.4. The minimum atomic E-state index is -0.424. The van der Waals surface area contributed by atoms with Crippen molar-refractivity contribution in [2.75, 3.05) is 33.7 Å². The average molecular weight is 548 g/mol. The molecule has 214 valence electrons. The Balaban J connectivity index is 1.32. The summed E-state index contributed by atoms with van der Waals surface area (Å²) in [6, 6.07) is 4.46. The molecule has 7 nitrogen and oxygen atoms in total. The zero-order valence-electron chi connectivity index (χ0n) is 24.4. The molecule has 1 aliphatic carbocycles. The standard InChI is InChI=1S/C32H42FN5O2/c1-20(2)36(5)32(40)27-13-26(33)10-11-28(27)38-19-25(30-21(3)14-35-15-29(30)38)12-23-17-37(18-23)16-22-6-8-24(9-7-22)31(39)34-4/h10-11,13-15,19-20,22-24H,6-9,12,16-18H2,1-5H3,(H,34,39)/t22-,24+. The van der Waals surface area contributed by atoms with Crippen molar-refractivity contribution in [1.29, 1.82) is 0 Å². The molecule has 0 spiro atoms. The molecule has 1 aromatic carbocycles. The SMILES string of the molecule is CNC(=O)[C@H]1CC[C@@H](CN2CC(Cc3cn(-c4ccc(F)cc4C(=O)N(C)C(C)C)c4cncc(C)c34)C2)CC1. The van der Waals surface area contributed by atoms with Crippen molar-refractivity contribution in [2.24, 2.45) is 17.8 Å². The third-order valence-corrected chi connectivity index (χ3v) is 9.05. The first-order valence-electron chi connectivity index (χ1n) is 14.6. The summed E-state index contributed by atoms with van der Waals surface area (Å²) in [6.45, 7) is 9.24. The van der Waals surface area contributed by atoms with Crippen LogP contribution >= 0.6 is 0 Å². The first kappa shape index (κ1) is 28.3. The highest BCUT2D eigenvalue weighted by molar-refractivity contribution is 5.99. The van der Waals surface area contributed by atoms with Gasteiger partial charge >= 0.3 is 0 Å². The molecular formula is C32H42FN5O2. The number of aryl methyl sites for hydroxylation is 1. The van der Waals surface area contributed by atoms with Crippen LogP contribution in [0.3, 0.4) is 0 Å². The van der Waals surface area contributed by atoms with E-state index in [9.17, 15) is 14.0 Å². The van der Waals surface area contributed by atoms with E-state index < -0.39 is 5.82 Å². The van der Waals surface area contributed by atoms with Gasteiger partial charge in [0.15, 0.2) is 0 Å². The number of amides is 2. The average Bonchev–Trinajstić information content (AvgIpc) is 3.30. The van der Waals surface area contributed by atoms with Crippen molar-refractivity contribution in [1.82, 2.24) is 24.7 Å². The molecule has 2 aliphatic rings. The van der Waals surface area contributed by atoms with Gasteiger partial charge in [0.05, 0.1) is 23.0 Å². The van der Waals surface area contributed by atoms with Gasteiger partial charge in [-0.05, 0) is 94.0 Å². The largest absolute Gasteiger partial charge is 0.359 e. The summed E-state index contributed by atoms with van der Waals surface area (Å²) in [7, 11) is 3.48. The lowest BCUT2D eigenvalue weighted by Gasteiger charge is -2.42. The molecule has 2 fully saturated rings. The summed E-state index contributed by atoms with van der Waals surface area (Å²) in [4.78, 5) is 34.0. The molecule has 3 heterocycles. The lowest BCUT2D eigenvalue weighted by Crippen LogP contribution is -2.49. The monoisotopic (exact) mass is 547 g/mol. The van der Waals surface area contributed by atoms with Gasteiger partial charge in [0.1, 0.15) is 5.82 Å². The van der Waals surface area contributed by atoms with Crippen LogP contribution < -0.4 is 5.32 Å². The van der Waals surface area contributed by atoms with Crippen LogP contribution in [0.1, 0.15) is 61.0 Å². The Bertz CT molecular complexity index is 1390. The molecule has 1 saturated heterocycles. The molecule has 1 aliphatic heterocycles. The molecule has 0 bridgehead atoms. The zero-order chi connectivity index (χ0) is 28.6. The molecule has 1 saturated carbocycles. The van der Waals surface area contributed by atoms with Crippen molar-refractivity contribution in [3.63, 3.8) is 0 Å². The number of carbonyl (C=O) groups excluding carboxylic acids is 2. The number of rotatable bonds is 8. The smallest absolute Gasteiger partial charge is 0.256 e. The fraction of sp³-hybridized carbons (Fsp3) is 0.531. The normalized spacial score (nSPS) is 20.1. The molecule has 0 radical (unpaired) electrons. The molecule has 8 heteroatoms. The number of hydrogen-bond acceptors (Lipinski definition) is 4. The molecule has 40 heavy (non-hydrogen) atoms. The highest BCUT2D eigenvalue weighted by Gasteiger charge is 2.32. The van der Waals surface area contributed by atoms with E-state index in [2.05, 4.69) is 28.3 Å². The number of benzene rings is 1. The van der Waals surface area contributed by atoms with Crippen LogP contribution in [0.2, 0.25) is 0 Å². The minimum Gasteiger partial charge on any atom is -0.359 e. The number of likely N-dealkylation sites (tertiary alicyclic amines) is 1. The second-order valence-electron chi connectivity index (χ2n) is 12.2. The van der Waals surface area contributed by atoms with Gasteiger partial charge in [0, 0.05) is 63.5 Å². The number of pyridine rings is 1. The molecular weight excluding hydrogens is 505 g/mol. The highest BCUT2D eigenvalue weighted by Crippen LogP contribution is 2.34. The summed E-state index contributed by atoms with van der Waals surface area (Å²) in [5.41, 5.74) is 4.30. The van der Waals surface area contributed by atoms with Crippen LogP contribution in [0.25, 0.3) is 16.6 Å².